The minimum absolute atomic E-state index is 0.135. The monoisotopic (exact) mass is 191 g/mol. The maximum Gasteiger partial charge on any atom is 0.129 e. The zero-order valence-electron chi connectivity index (χ0n) is 8.74. The van der Waals surface area contributed by atoms with Crippen LogP contribution in [-0.2, 0) is 0 Å². The fourth-order valence-corrected chi connectivity index (χ4v) is 1.25. The van der Waals surface area contributed by atoms with Crippen molar-refractivity contribution in [1.82, 2.24) is 5.32 Å². The van der Waals surface area contributed by atoms with Crippen LogP contribution in [0.1, 0.15) is 16.7 Å². The Labute approximate surface area is 84.3 Å². The molecule has 74 valence electrons. The van der Waals surface area contributed by atoms with E-state index in [2.05, 4.69) is 17.2 Å². The van der Waals surface area contributed by atoms with Gasteiger partial charge in [-0.1, -0.05) is 11.8 Å². The van der Waals surface area contributed by atoms with E-state index in [0.717, 1.165) is 5.56 Å². The van der Waals surface area contributed by atoms with Crippen molar-refractivity contribution < 1.29 is 4.39 Å². The third-order valence-electron chi connectivity index (χ3n) is 1.93. The van der Waals surface area contributed by atoms with Crippen molar-refractivity contribution >= 4 is 0 Å². The Bertz CT molecular complexity index is 362. The standard InChI is InChI=1S/C12H14FN/c1-9-7-11(5-4-6-14-3)8-10(2)12(9)13/h7-8,14H,6H2,1-3H3. The van der Waals surface area contributed by atoms with Crippen LogP contribution in [-0.4, -0.2) is 13.6 Å². The summed E-state index contributed by atoms with van der Waals surface area (Å²) in [6.07, 6.45) is 0. The van der Waals surface area contributed by atoms with Gasteiger partial charge < -0.3 is 5.32 Å². The lowest BCUT2D eigenvalue weighted by Crippen LogP contribution is -2.04. The maximum atomic E-state index is 13.2. The van der Waals surface area contributed by atoms with Crippen LogP contribution in [0.5, 0.6) is 0 Å². The number of hydrogen-bond donors (Lipinski definition) is 1. The highest BCUT2D eigenvalue weighted by Gasteiger charge is 2.01. The van der Waals surface area contributed by atoms with Crippen LogP contribution in [0.25, 0.3) is 0 Å². The Hall–Kier alpha value is -1.33. The predicted molar refractivity (Wildman–Crippen MR) is 56.7 cm³/mol. The lowest BCUT2D eigenvalue weighted by molar-refractivity contribution is 0.609. The molecular weight excluding hydrogens is 177 g/mol. The molecular formula is C12H14FN. The highest BCUT2D eigenvalue weighted by Crippen LogP contribution is 2.13. The summed E-state index contributed by atoms with van der Waals surface area (Å²) in [5, 5.41) is 2.93. The van der Waals surface area contributed by atoms with Gasteiger partial charge in [0.15, 0.2) is 0 Å². The molecule has 0 unspecified atom stereocenters. The Morgan fingerprint density at radius 3 is 2.36 bits per heavy atom. The van der Waals surface area contributed by atoms with Crippen LogP contribution in [0, 0.1) is 31.5 Å². The topological polar surface area (TPSA) is 12.0 Å². The number of nitrogens with one attached hydrogen (secondary N) is 1. The van der Waals surface area contributed by atoms with Gasteiger partial charge in [-0.15, -0.1) is 0 Å². The third kappa shape index (κ3) is 2.58. The van der Waals surface area contributed by atoms with E-state index in [1.165, 1.54) is 0 Å². The molecule has 0 aromatic heterocycles. The molecule has 0 spiro atoms. The third-order valence-corrected chi connectivity index (χ3v) is 1.93. The first kappa shape index (κ1) is 10.7. The molecule has 0 heterocycles. The molecule has 2 heteroatoms. The largest absolute Gasteiger partial charge is 0.309 e. The van der Waals surface area contributed by atoms with Crippen LogP contribution < -0.4 is 5.32 Å². The molecule has 0 aliphatic rings. The Morgan fingerprint density at radius 2 is 1.86 bits per heavy atom. The van der Waals surface area contributed by atoms with Gasteiger partial charge in [-0.05, 0) is 44.2 Å². The summed E-state index contributed by atoms with van der Waals surface area (Å²) >= 11 is 0. The second-order valence-corrected chi connectivity index (χ2v) is 3.26. The van der Waals surface area contributed by atoms with Crippen LogP contribution in [0.15, 0.2) is 12.1 Å². The highest BCUT2D eigenvalue weighted by atomic mass is 19.1. The van der Waals surface area contributed by atoms with E-state index in [1.54, 1.807) is 26.0 Å². The van der Waals surface area contributed by atoms with E-state index in [1.807, 2.05) is 7.05 Å². The molecule has 1 nitrogen and oxygen atoms in total. The van der Waals surface area contributed by atoms with Crippen LogP contribution >= 0.6 is 0 Å². The number of hydrogen-bond acceptors (Lipinski definition) is 1. The molecule has 0 bridgehead atoms. The maximum absolute atomic E-state index is 13.2. The van der Waals surface area contributed by atoms with Gasteiger partial charge in [0.2, 0.25) is 0 Å². The molecule has 1 aromatic carbocycles. The van der Waals surface area contributed by atoms with Crippen molar-refractivity contribution in [2.75, 3.05) is 13.6 Å². The molecule has 0 atom stereocenters. The van der Waals surface area contributed by atoms with Crippen LogP contribution in [0.4, 0.5) is 4.39 Å². The molecule has 0 radical (unpaired) electrons. The van der Waals surface area contributed by atoms with Gasteiger partial charge in [-0.2, -0.15) is 0 Å². The van der Waals surface area contributed by atoms with E-state index in [-0.39, 0.29) is 5.82 Å². The average Bonchev–Trinajstić information content (AvgIpc) is 2.14. The van der Waals surface area contributed by atoms with Crippen LogP contribution in [0.3, 0.4) is 0 Å². The molecule has 1 N–H and O–H groups in total. The summed E-state index contributed by atoms with van der Waals surface area (Å²) in [5.74, 6) is 5.78. The van der Waals surface area contributed by atoms with Crippen molar-refractivity contribution in [1.29, 1.82) is 0 Å². The van der Waals surface area contributed by atoms with Gasteiger partial charge in [-0.25, -0.2) is 4.39 Å². The molecule has 0 saturated heterocycles. The van der Waals surface area contributed by atoms with Crippen molar-refractivity contribution in [3.8, 4) is 11.8 Å². The molecule has 0 amide bonds. The normalized spacial score (nSPS) is 9.43. The fraction of sp³-hybridized carbons (Fsp3) is 0.333. The molecule has 14 heavy (non-hydrogen) atoms. The van der Waals surface area contributed by atoms with Gasteiger partial charge in [0.25, 0.3) is 0 Å². The summed E-state index contributed by atoms with van der Waals surface area (Å²) < 4.78 is 13.2. The summed E-state index contributed by atoms with van der Waals surface area (Å²) in [5.41, 5.74) is 2.18. The highest BCUT2D eigenvalue weighted by molar-refractivity contribution is 5.40. The molecule has 0 saturated carbocycles. The number of benzene rings is 1. The molecule has 0 fully saturated rings. The summed E-state index contributed by atoms with van der Waals surface area (Å²) in [6.45, 7) is 4.16. The summed E-state index contributed by atoms with van der Waals surface area (Å²) in [4.78, 5) is 0. The molecule has 1 aromatic rings. The van der Waals surface area contributed by atoms with Crippen molar-refractivity contribution in [3.63, 3.8) is 0 Å². The Morgan fingerprint density at radius 1 is 1.29 bits per heavy atom. The minimum atomic E-state index is -0.135. The first-order chi connectivity index (χ1) is 6.65. The molecule has 1 rings (SSSR count). The zero-order valence-corrected chi connectivity index (χ0v) is 8.74. The second-order valence-electron chi connectivity index (χ2n) is 3.26. The van der Waals surface area contributed by atoms with Crippen LogP contribution in [0.2, 0.25) is 0 Å². The number of rotatable bonds is 1. The predicted octanol–water partition coefficient (Wildman–Crippen LogP) is 2.01. The smallest absolute Gasteiger partial charge is 0.129 e. The van der Waals surface area contributed by atoms with Gasteiger partial charge >= 0.3 is 0 Å². The van der Waals surface area contributed by atoms with Crippen molar-refractivity contribution in [2.24, 2.45) is 0 Å². The fourth-order valence-electron chi connectivity index (χ4n) is 1.25. The first-order valence-corrected chi connectivity index (χ1v) is 4.55. The van der Waals surface area contributed by atoms with E-state index in [4.69, 9.17) is 0 Å². The lowest BCUT2D eigenvalue weighted by Gasteiger charge is -2.01. The quantitative estimate of drug-likeness (QED) is 0.670. The average molecular weight is 191 g/mol. The lowest BCUT2D eigenvalue weighted by atomic mass is 10.1. The number of halogens is 1. The van der Waals surface area contributed by atoms with E-state index in [9.17, 15) is 4.39 Å². The zero-order chi connectivity index (χ0) is 10.6. The van der Waals surface area contributed by atoms with Gasteiger partial charge in [0, 0.05) is 5.56 Å². The number of aryl methyl sites for hydroxylation is 2. The van der Waals surface area contributed by atoms with Gasteiger partial charge in [0.1, 0.15) is 5.82 Å². The minimum Gasteiger partial charge on any atom is -0.309 e. The Balaban J connectivity index is 2.97. The van der Waals surface area contributed by atoms with E-state index in [0.29, 0.717) is 17.7 Å². The van der Waals surface area contributed by atoms with E-state index >= 15 is 0 Å². The Kier molecular flexibility index (Phi) is 3.67. The summed E-state index contributed by atoms with van der Waals surface area (Å²) in [6, 6.07) is 3.54. The molecule has 0 aliphatic carbocycles. The SMILES string of the molecule is CNCC#Cc1cc(C)c(F)c(C)c1. The second kappa shape index (κ2) is 4.78. The van der Waals surface area contributed by atoms with Gasteiger partial charge in [-0.3, -0.25) is 0 Å². The van der Waals surface area contributed by atoms with Gasteiger partial charge in [0.05, 0.1) is 6.54 Å². The summed E-state index contributed by atoms with van der Waals surface area (Å²) in [7, 11) is 1.84. The molecule has 0 aliphatic heterocycles. The van der Waals surface area contributed by atoms with Crippen molar-refractivity contribution in [3.05, 3.63) is 34.6 Å². The first-order valence-electron chi connectivity index (χ1n) is 4.55. The van der Waals surface area contributed by atoms with E-state index < -0.39 is 0 Å². The van der Waals surface area contributed by atoms with Crippen molar-refractivity contribution in [2.45, 2.75) is 13.8 Å².